The summed E-state index contributed by atoms with van der Waals surface area (Å²) in [4.78, 5) is 5.59. The van der Waals surface area contributed by atoms with Crippen molar-refractivity contribution in [2.75, 3.05) is 13.1 Å². The fourth-order valence-electron chi connectivity index (χ4n) is 2.77. The van der Waals surface area contributed by atoms with Gasteiger partial charge in [-0.05, 0) is 64.6 Å². The highest BCUT2D eigenvalue weighted by Gasteiger charge is 2.20. The first-order valence-electron chi connectivity index (χ1n) is 8.43. The SMILES string of the molecule is CCN(Cc1cc(CNC(C)(C)C)sc1C)CC1CCC1. The van der Waals surface area contributed by atoms with E-state index in [0.29, 0.717) is 0 Å². The molecule has 1 aliphatic carbocycles. The van der Waals surface area contributed by atoms with Crippen LogP contribution in [0.5, 0.6) is 0 Å². The van der Waals surface area contributed by atoms with Crippen LogP contribution in [-0.4, -0.2) is 23.5 Å². The third-order valence-corrected chi connectivity index (χ3v) is 5.54. The maximum Gasteiger partial charge on any atom is 0.0304 e. The van der Waals surface area contributed by atoms with Gasteiger partial charge in [0.05, 0.1) is 0 Å². The quantitative estimate of drug-likeness (QED) is 0.794. The summed E-state index contributed by atoms with van der Waals surface area (Å²) >= 11 is 1.96. The summed E-state index contributed by atoms with van der Waals surface area (Å²) in [5, 5.41) is 3.59. The summed E-state index contributed by atoms with van der Waals surface area (Å²) in [6, 6.07) is 2.42. The largest absolute Gasteiger partial charge is 0.307 e. The van der Waals surface area contributed by atoms with E-state index >= 15 is 0 Å². The molecule has 120 valence electrons. The third-order valence-electron chi connectivity index (χ3n) is 4.45. The van der Waals surface area contributed by atoms with Crippen LogP contribution in [0, 0.1) is 12.8 Å². The molecule has 2 nitrogen and oxygen atoms in total. The fourth-order valence-corrected chi connectivity index (χ4v) is 3.76. The van der Waals surface area contributed by atoms with E-state index in [4.69, 9.17) is 0 Å². The number of nitrogens with zero attached hydrogens (tertiary/aromatic N) is 1. The van der Waals surface area contributed by atoms with E-state index in [1.54, 1.807) is 0 Å². The van der Waals surface area contributed by atoms with Crippen molar-refractivity contribution in [1.29, 1.82) is 0 Å². The van der Waals surface area contributed by atoms with E-state index < -0.39 is 0 Å². The Labute approximate surface area is 134 Å². The summed E-state index contributed by atoms with van der Waals surface area (Å²) in [6.07, 6.45) is 4.34. The molecule has 0 aliphatic heterocycles. The zero-order valence-corrected chi connectivity index (χ0v) is 15.3. The minimum Gasteiger partial charge on any atom is -0.307 e. The molecule has 0 bridgehead atoms. The average Bonchev–Trinajstić information content (AvgIpc) is 2.69. The van der Waals surface area contributed by atoms with Gasteiger partial charge in [0.2, 0.25) is 0 Å². The summed E-state index contributed by atoms with van der Waals surface area (Å²) in [7, 11) is 0. The van der Waals surface area contributed by atoms with Crippen LogP contribution in [0.2, 0.25) is 0 Å². The highest BCUT2D eigenvalue weighted by molar-refractivity contribution is 7.12. The molecule has 0 spiro atoms. The minimum atomic E-state index is 0.192. The van der Waals surface area contributed by atoms with E-state index in [9.17, 15) is 0 Å². The van der Waals surface area contributed by atoms with Gasteiger partial charge in [-0.25, -0.2) is 0 Å². The normalized spacial score (nSPS) is 16.5. The van der Waals surface area contributed by atoms with Gasteiger partial charge in [0.15, 0.2) is 0 Å². The zero-order valence-electron chi connectivity index (χ0n) is 14.5. The molecule has 1 aliphatic rings. The first-order valence-corrected chi connectivity index (χ1v) is 9.24. The molecule has 0 aromatic carbocycles. The van der Waals surface area contributed by atoms with Gasteiger partial charge in [0.1, 0.15) is 0 Å². The van der Waals surface area contributed by atoms with E-state index in [1.807, 2.05) is 11.3 Å². The van der Waals surface area contributed by atoms with E-state index in [0.717, 1.165) is 19.0 Å². The number of rotatable bonds is 7. The molecule has 21 heavy (non-hydrogen) atoms. The van der Waals surface area contributed by atoms with Gasteiger partial charge in [-0.15, -0.1) is 11.3 Å². The van der Waals surface area contributed by atoms with Crippen molar-refractivity contribution >= 4 is 11.3 Å². The number of hydrogen-bond donors (Lipinski definition) is 1. The third kappa shape index (κ3) is 5.39. The van der Waals surface area contributed by atoms with Gasteiger partial charge < -0.3 is 5.32 Å². The molecule has 1 fully saturated rings. The smallest absolute Gasteiger partial charge is 0.0304 e. The van der Waals surface area contributed by atoms with Gasteiger partial charge in [-0.1, -0.05) is 13.3 Å². The monoisotopic (exact) mass is 308 g/mol. The molecular formula is C18H32N2S. The van der Waals surface area contributed by atoms with Crippen LogP contribution < -0.4 is 5.32 Å². The number of hydrogen-bond acceptors (Lipinski definition) is 3. The van der Waals surface area contributed by atoms with Crippen molar-refractivity contribution in [3.8, 4) is 0 Å². The van der Waals surface area contributed by atoms with Crippen LogP contribution in [0.15, 0.2) is 6.07 Å². The van der Waals surface area contributed by atoms with Crippen LogP contribution in [0.1, 0.15) is 62.3 Å². The van der Waals surface area contributed by atoms with Gasteiger partial charge in [-0.3, -0.25) is 4.90 Å². The highest BCUT2D eigenvalue weighted by Crippen LogP contribution is 2.29. The Morgan fingerprint density at radius 2 is 2.05 bits per heavy atom. The van der Waals surface area contributed by atoms with Crippen LogP contribution >= 0.6 is 11.3 Å². The highest BCUT2D eigenvalue weighted by atomic mass is 32.1. The standard InChI is InChI=1S/C18H32N2S/c1-6-20(12-15-8-7-9-15)13-16-10-17(21-14(16)2)11-19-18(3,4)5/h10,15,19H,6-9,11-13H2,1-5H3. The molecule has 0 amide bonds. The van der Waals surface area contributed by atoms with Crippen molar-refractivity contribution < 1.29 is 0 Å². The second-order valence-electron chi connectivity index (χ2n) is 7.52. The summed E-state index contributed by atoms with van der Waals surface area (Å²) in [6.45, 7) is 15.8. The maximum absolute atomic E-state index is 3.59. The topological polar surface area (TPSA) is 15.3 Å². The Morgan fingerprint density at radius 1 is 1.33 bits per heavy atom. The van der Waals surface area contributed by atoms with Gasteiger partial charge >= 0.3 is 0 Å². The fraction of sp³-hybridized carbons (Fsp3) is 0.778. The van der Waals surface area contributed by atoms with Crippen molar-refractivity contribution in [1.82, 2.24) is 10.2 Å². The van der Waals surface area contributed by atoms with Gasteiger partial charge in [0.25, 0.3) is 0 Å². The van der Waals surface area contributed by atoms with Crippen LogP contribution in [-0.2, 0) is 13.1 Å². The molecular weight excluding hydrogens is 276 g/mol. The Kier molecular flexibility index (Phi) is 5.87. The van der Waals surface area contributed by atoms with Crippen LogP contribution in [0.3, 0.4) is 0 Å². The summed E-state index contributed by atoms with van der Waals surface area (Å²) in [5.41, 5.74) is 1.73. The lowest BCUT2D eigenvalue weighted by atomic mass is 9.85. The lowest BCUT2D eigenvalue weighted by Gasteiger charge is -2.31. The predicted molar refractivity (Wildman–Crippen MR) is 93.9 cm³/mol. The van der Waals surface area contributed by atoms with Gasteiger partial charge in [0, 0.05) is 34.9 Å². The molecule has 1 N–H and O–H groups in total. The molecule has 1 aromatic rings. The molecule has 1 aromatic heterocycles. The van der Waals surface area contributed by atoms with Crippen LogP contribution in [0.4, 0.5) is 0 Å². The number of thiophene rings is 1. The Balaban J connectivity index is 1.90. The molecule has 0 saturated heterocycles. The van der Waals surface area contributed by atoms with Crippen molar-refractivity contribution in [2.24, 2.45) is 5.92 Å². The van der Waals surface area contributed by atoms with E-state index in [1.165, 1.54) is 47.7 Å². The second kappa shape index (κ2) is 7.26. The molecule has 2 rings (SSSR count). The Morgan fingerprint density at radius 3 is 2.57 bits per heavy atom. The van der Waals surface area contributed by atoms with Gasteiger partial charge in [-0.2, -0.15) is 0 Å². The maximum atomic E-state index is 3.59. The lowest BCUT2D eigenvalue weighted by Crippen LogP contribution is -2.34. The van der Waals surface area contributed by atoms with Crippen molar-refractivity contribution in [3.63, 3.8) is 0 Å². The average molecular weight is 309 g/mol. The first-order chi connectivity index (χ1) is 9.87. The molecule has 3 heteroatoms. The Bertz CT molecular complexity index is 441. The number of nitrogens with one attached hydrogen (secondary N) is 1. The number of aryl methyl sites for hydroxylation is 1. The predicted octanol–water partition coefficient (Wildman–Crippen LogP) is 4.57. The zero-order chi connectivity index (χ0) is 15.5. The molecule has 0 radical (unpaired) electrons. The summed E-state index contributed by atoms with van der Waals surface area (Å²) in [5.74, 6) is 0.964. The molecule has 0 unspecified atom stereocenters. The summed E-state index contributed by atoms with van der Waals surface area (Å²) < 4.78 is 0. The first kappa shape index (κ1) is 17.0. The Hall–Kier alpha value is -0.380. The lowest BCUT2D eigenvalue weighted by molar-refractivity contribution is 0.178. The molecule has 1 heterocycles. The minimum absolute atomic E-state index is 0.192. The van der Waals surface area contributed by atoms with Crippen molar-refractivity contribution in [3.05, 3.63) is 21.4 Å². The van der Waals surface area contributed by atoms with E-state index in [2.05, 4.69) is 50.9 Å². The second-order valence-corrected chi connectivity index (χ2v) is 8.86. The molecule has 1 saturated carbocycles. The van der Waals surface area contributed by atoms with E-state index in [-0.39, 0.29) is 5.54 Å². The van der Waals surface area contributed by atoms with Crippen LogP contribution in [0.25, 0.3) is 0 Å². The van der Waals surface area contributed by atoms with Crippen molar-refractivity contribution in [2.45, 2.75) is 72.5 Å². The molecule has 0 atom stereocenters.